The smallest absolute Gasteiger partial charge is 0.344 e. The van der Waals surface area contributed by atoms with Crippen LogP contribution in [-0.2, 0) is 11.3 Å². The Morgan fingerprint density at radius 2 is 1.89 bits per heavy atom. The summed E-state index contributed by atoms with van der Waals surface area (Å²) in [6.07, 6.45) is -5.51. The van der Waals surface area contributed by atoms with Gasteiger partial charge in [-0.15, -0.1) is 0 Å². The van der Waals surface area contributed by atoms with Crippen molar-refractivity contribution in [3.05, 3.63) is 42.2 Å². The van der Waals surface area contributed by atoms with Crippen LogP contribution < -0.4 is 10.2 Å². The molecule has 0 saturated carbocycles. The van der Waals surface area contributed by atoms with Gasteiger partial charge in [-0.2, -0.15) is 26.3 Å². The van der Waals surface area contributed by atoms with E-state index in [2.05, 4.69) is 4.99 Å². The van der Waals surface area contributed by atoms with E-state index in [1.165, 1.54) is 41.2 Å². The van der Waals surface area contributed by atoms with E-state index in [0.717, 1.165) is 6.21 Å². The van der Waals surface area contributed by atoms with Crippen molar-refractivity contribution in [2.24, 2.45) is 4.99 Å². The zero-order valence-electron chi connectivity index (χ0n) is 13.5. The van der Waals surface area contributed by atoms with E-state index in [1.54, 1.807) is 5.32 Å². The number of hydrogen-bond donors (Lipinski definition) is 1. The molecule has 2 heterocycles. The summed E-state index contributed by atoms with van der Waals surface area (Å²) < 4.78 is 77.5. The molecule has 5 nitrogen and oxygen atoms in total. The number of anilines is 1. The summed E-state index contributed by atoms with van der Waals surface area (Å²) in [7, 11) is 0. The summed E-state index contributed by atoms with van der Waals surface area (Å²) in [5.41, 5.74) is 0.764. The Bertz CT molecular complexity index is 884. The van der Waals surface area contributed by atoms with Crippen molar-refractivity contribution < 1.29 is 31.1 Å². The molecule has 0 radical (unpaired) electrons. The summed E-state index contributed by atoms with van der Waals surface area (Å²) >= 11 is 0. The van der Waals surface area contributed by atoms with Crippen molar-refractivity contribution in [3.8, 4) is 5.69 Å². The van der Waals surface area contributed by atoms with E-state index in [-0.39, 0.29) is 22.8 Å². The van der Waals surface area contributed by atoms with Gasteiger partial charge in [-0.25, -0.2) is 0 Å². The summed E-state index contributed by atoms with van der Waals surface area (Å²) in [5.74, 6) is -2.07. The first-order valence-corrected chi connectivity index (χ1v) is 7.59. The van der Waals surface area contributed by atoms with E-state index < -0.39 is 24.9 Å². The number of carbonyl (C=O) groups excluding carboxylic acids is 1. The van der Waals surface area contributed by atoms with Gasteiger partial charge in [0.2, 0.25) is 0 Å². The van der Waals surface area contributed by atoms with Crippen molar-refractivity contribution >= 4 is 23.5 Å². The number of alkyl halides is 6. The van der Waals surface area contributed by atoms with Crippen LogP contribution in [0.25, 0.3) is 5.69 Å². The summed E-state index contributed by atoms with van der Waals surface area (Å²) in [4.78, 5) is 15.0. The molecule has 2 aromatic rings. The fourth-order valence-corrected chi connectivity index (χ4v) is 2.55. The highest BCUT2D eigenvalue weighted by atomic mass is 19.4. The van der Waals surface area contributed by atoms with Gasteiger partial charge in [0, 0.05) is 30.8 Å². The number of halogens is 6. The van der Waals surface area contributed by atoms with Gasteiger partial charge in [0.1, 0.15) is 0 Å². The minimum Gasteiger partial charge on any atom is -0.344 e. The maximum Gasteiger partial charge on any atom is 0.485 e. The predicted molar refractivity (Wildman–Crippen MR) is 85.2 cm³/mol. The van der Waals surface area contributed by atoms with Gasteiger partial charge < -0.3 is 9.88 Å². The molecule has 144 valence electrons. The number of rotatable bonds is 3. The predicted octanol–water partition coefficient (Wildman–Crippen LogP) is 3.70. The third kappa shape index (κ3) is 4.07. The number of benzene rings is 1. The van der Waals surface area contributed by atoms with Crippen LogP contribution in [0.15, 0.2) is 41.7 Å². The lowest BCUT2D eigenvalue weighted by atomic mass is 10.2. The molecule has 0 unspecified atom stereocenters. The molecule has 0 bridgehead atoms. The summed E-state index contributed by atoms with van der Waals surface area (Å²) in [5, 5.41) is 1.73. The number of nitrogens with zero attached hydrogens (tertiary/aromatic N) is 3. The first-order valence-electron chi connectivity index (χ1n) is 7.59. The molecule has 1 aromatic carbocycles. The fraction of sp³-hybridized carbons (Fsp3) is 0.250. The Morgan fingerprint density at radius 1 is 1.15 bits per heavy atom. The zero-order chi connectivity index (χ0) is 19.8. The highest BCUT2D eigenvalue weighted by Gasteiger charge is 2.39. The molecule has 0 aliphatic carbocycles. The fourth-order valence-electron chi connectivity index (χ4n) is 2.55. The molecule has 1 amide bonds. The number of aliphatic imine (C=N–C) groups is 1. The molecule has 0 atom stereocenters. The Balaban J connectivity index is 1.81. The van der Waals surface area contributed by atoms with E-state index in [0.29, 0.717) is 11.3 Å². The Labute approximate surface area is 148 Å². The first kappa shape index (κ1) is 18.8. The van der Waals surface area contributed by atoms with Crippen molar-refractivity contribution in [1.82, 2.24) is 9.88 Å². The van der Waals surface area contributed by atoms with Gasteiger partial charge in [-0.3, -0.25) is 14.7 Å². The number of amides is 1. The molecule has 1 aliphatic heterocycles. The standard InChI is InChI=1S/C16H12F6N4O/c17-15(18,19)14(27)24-8-10-3-5-25(9-10)11-1-2-12-13(7-11)26(6-4-23-12)16(20,21)22/h1-5,7,9H,6,8H2,(H,24,27). The van der Waals surface area contributed by atoms with Crippen LogP contribution in [0.5, 0.6) is 0 Å². The molecule has 0 saturated heterocycles. The summed E-state index contributed by atoms with van der Waals surface area (Å²) in [6.45, 7) is -0.782. The van der Waals surface area contributed by atoms with Gasteiger partial charge in [-0.1, -0.05) is 0 Å². The molecular weight excluding hydrogens is 378 g/mol. The quantitative estimate of drug-likeness (QED) is 0.642. The Hall–Kier alpha value is -2.98. The largest absolute Gasteiger partial charge is 0.485 e. The molecule has 1 N–H and O–H groups in total. The number of carbonyl (C=O) groups is 1. The number of fused-ring (bicyclic) bond motifs is 1. The van der Waals surface area contributed by atoms with Crippen LogP contribution in [-0.4, -0.2) is 35.7 Å². The van der Waals surface area contributed by atoms with Crippen LogP contribution in [0.2, 0.25) is 0 Å². The number of hydrogen-bond acceptors (Lipinski definition) is 3. The van der Waals surface area contributed by atoms with Crippen LogP contribution in [0.1, 0.15) is 5.56 Å². The van der Waals surface area contributed by atoms with Crippen molar-refractivity contribution in [2.45, 2.75) is 19.0 Å². The molecule has 1 aromatic heterocycles. The third-order valence-corrected chi connectivity index (χ3v) is 3.81. The molecule has 3 rings (SSSR count). The van der Waals surface area contributed by atoms with E-state index in [4.69, 9.17) is 0 Å². The molecule has 0 fully saturated rings. The minimum atomic E-state index is -4.98. The highest BCUT2D eigenvalue weighted by molar-refractivity contribution is 5.83. The van der Waals surface area contributed by atoms with Crippen LogP contribution in [0.3, 0.4) is 0 Å². The van der Waals surface area contributed by atoms with Gasteiger partial charge in [-0.05, 0) is 29.8 Å². The SMILES string of the molecule is O=C(NCc1ccn(-c2ccc3c(c2)N(C(F)(F)F)CC=N3)c1)C(F)(F)F. The van der Waals surface area contributed by atoms with E-state index in [1.807, 2.05) is 0 Å². The maximum atomic E-state index is 13.2. The average molecular weight is 390 g/mol. The average Bonchev–Trinajstić information content (AvgIpc) is 3.06. The molecule has 11 heteroatoms. The Kier molecular flexibility index (Phi) is 4.62. The lowest BCUT2D eigenvalue weighted by Crippen LogP contribution is -2.40. The number of nitrogens with one attached hydrogen (secondary N) is 1. The zero-order valence-corrected chi connectivity index (χ0v) is 13.5. The number of aromatic nitrogens is 1. The lowest BCUT2D eigenvalue weighted by Gasteiger charge is -2.29. The van der Waals surface area contributed by atoms with E-state index in [9.17, 15) is 31.1 Å². The molecular formula is C16H12F6N4O. The normalized spacial score (nSPS) is 14.2. The minimum absolute atomic E-state index is 0.122. The van der Waals surface area contributed by atoms with Crippen LogP contribution in [0, 0.1) is 0 Å². The molecule has 0 spiro atoms. The van der Waals surface area contributed by atoms with Gasteiger partial charge >= 0.3 is 18.4 Å². The Morgan fingerprint density at radius 3 is 2.56 bits per heavy atom. The van der Waals surface area contributed by atoms with Crippen LogP contribution >= 0.6 is 0 Å². The van der Waals surface area contributed by atoms with Crippen molar-refractivity contribution in [2.75, 3.05) is 11.4 Å². The van der Waals surface area contributed by atoms with Gasteiger partial charge in [0.05, 0.1) is 17.9 Å². The van der Waals surface area contributed by atoms with Crippen molar-refractivity contribution in [3.63, 3.8) is 0 Å². The first-order chi connectivity index (χ1) is 12.6. The van der Waals surface area contributed by atoms with E-state index >= 15 is 0 Å². The second-order valence-corrected chi connectivity index (χ2v) is 5.67. The van der Waals surface area contributed by atoms with Gasteiger partial charge in [0.15, 0.2) is 0 Å². The molecule has 27 heavy (non-hydrogen) atoms. The highest BCUT2D eigenvalue weighted by Crippen LogP contribution is 2.38. The summed E-state index contributed by atoms with van der Waals surface area (Å²) in [6, 6.07) is 5.70. The second kappa shape index (κ2) is 6.63. The second-order valence-electron chi connectivity index (χ2n) is 5.67. The lowest BCUT2D eigenvalue weighted by molar-refractivity contribution is -0.173. The maximum absolute atomic E-state index is 13.2. The monoisotopic (exact) mass is 390 g/mol. The van der Waals surface area contributed by atoms with Crippen LogP contribution in [0.4, 0.5) is 37.7 Å². The molecule has 1 aliphatic rings. The van der Waals surface area contributed by atoms with Crippen molar-refractivity contribution in [1.29, 1.82) is 0 Å². The topological polar surface area (TPSA) is 49.6 Å². The van der Waals surface area contributed by atoms with Gasteiger partial charge in [0.25, 0.3) is 0 Å². The third-order valence-electron chi connectivity index (χ3n) is 3.81.